The maximum absolute atomic E-state index is 10.6. The van der Waals surface area contributed by atoms with E-state index in [0.29, 0.717) is 17.7 Å². The predicted molar refractivity (Wildman–Crippen MR) is 95.7 cm³/mol. The van der Waals surface area contributed by atoms with E-state index in [1.807, 2.05) is 29.8 Å². The number of aliphatic hydroxyl groups is 2. The molecule has 2 N–H and O–H groups in total. The van der Waals surface area contributed by atoms with Gasteiger partial charge in [-0.3, -0.25) is 0 Å². The molecule has 0 radical (unpaired) electrons. The number of nitrogens with zero attached hydrogens (tertiary/aromatic N) is 3. The molecule has 26 heavy (non-hydrogen) atoms. The number of nitriles is 1. The van der Waals surface area contributed by atoms with Crippen LogP contribution >= 0.6 is 0 Å². The molecule has 3 aromatic rings. The zero-order valence-electron chi connectivity index (χ0n) is 14.3. The third-order valence-electron chi connectivity index (χ3n) is 5.08. The van der Waals surface area contributed by atoms with Crippen LogP contribution in [0.2, 0.25) is 0 Å². The van der Waals surface area contributed by atoms with E-state index in [9.17, 15) is 15.5 Å². The number of aryl methyl sites for hydroxylation is 1. The van der Waals surface area contributed by atoms with Gasteiger partial charge in [0.1, 0.15) is 35.8 Å². The van der Waals surface area contributed by atoms with E-state index in [0.717, 1.165) is 16.6 Å². The van der Waals surface area contributed by atoms with E-state index in [-0.39, 0.29) is 6.04 Å². The molecule has 1 aliphatic rings. The average Bonchev–Trinajstić information content (AvgIpc) is 3.20. The molecule has 0 bridgehead atoms. The molecule has 0 unspecified atom stereocenters. The Hall–Kier alpha value is -2.88. The Morgan fingerprint density at radius 2 is 2.00 bits per heavy atom. The van der Waals surface area contributed by atoms with Crippen molar-refractivity contribution in [3.05, 3.63) is 59.9 Å². The van der Waals surface area contributed by atoms with Crippen molar-refractivity contribution in [1.29, 1.82) is 5.26 Å². The molecular weight excluding hydrogens is 330 g/mol. The van der Waals surface area contributed by atoms with Crippen LogP contribution in [0.4, 0.5) is 0 Å². The van der Waals surface area contributed by atoms with Crippen molar-refractivity contribution in [1.82, 2.24) is 9.55 Å². The number of rotatable bonds is 3. The number of para-hydroxylation sites is 1. The molecular formula is C20H19N3O3. The molecule has 1 aliphatic carbocycles. The van der Waals surface area contributed by atoms with Crippen LogP contribution in [-0.2, 0) is 0 Å². The Balaban J connectivity index is 1.64. The SMILES string of the molecule is Cc1ccnc2c1ccn2[C@@H]1C[C@H](Oc2ccccc2C#N)[C@@H](O)[C@H]1O. The van der Waals surface area contributed by atoms with Crippen molar-refractivity contribution in [3.63, 3.8) is 0 Å². The molecule has 1 fully saturated rings. The van der Waals surface area contributed by atoms with Crippen molar-refractivity contribution in [2.75, 3.05) is 0 Å². The second kappa shape index (κ2) is 6.45. The highest BCUT2D eigenvalue weighted by Crippen LogP contribution is 2.36. The number of hydrogen-bond donors (Lipinski definition) is 2. The highest BCUT2D eigenvalue weighted by molar-refractivity contribution is 5.79. The molecule has 0 saturated heterocycles. The molecule has 0 aliphatic heterocycles. The van der Waals surface area contributed by atoms with Crippen LogP contribution in [0, 0.1) is 18.3 Å². The van der Waals surface area contributed by atoms with Gasteiger partial charge in [-0.25, -0.2) is 4.98 Å². The van der Waals surface area contributed by atoms with Crippen molar-refractivity contribution < 1.29 is 14.9 Å². The molecule has 2 aromatic heterocycles. The molecule has 6 nitrogen and oxygen atoms in total. The lowest BCUT2D eigenvalue weighted by atomic mass is 10.2. The fraction of sp³-hybridized carbons (Fsp3) is 0.300. The van der Waals surface area contributed by atoms with E-state index in [1.165, 1.54) is 0 Å². The first-order valence-corrected chi connectivity index (χ1v) is 8.54. The van der Waals surface area contributed by atoms with Crippen molar-refractivity contribution in [2.45, 2.75) is 37.7 Å². The van der Waals surface area contributed by atoms with Gasteiger partial charge in [-0.2, -0.15) is 5.26 Å². The monoisotopic (exact) mass is 349 g/mol. The van der Waals surface area contributed by atoms with E-state index in [2.05, 4.69) is 11.1 Å². The van der Waals surface area contributed by atoms with Gasteiger partial charge >= 0.3 is 0 Å². The molecule has 4 rings (SSSR count). The fourth-order valence-corrected chi connectivity index (χ4v) is 3.65. The van der Waals surface area contributed by atoms with Crippen molar-refractivity contribution in [3.8, 4) is 11.8 Å². The Kier molecular flexibility index (Phi) is 4.11. The number of benzene rings is 1. The Labute approximate surface area is 150 Å². The first-order chi connectivity index (χ1) is 12.6. The van der Waals surface area contributed by atoms with E-state index < -0.39 is 18.3 Å². The standard InChI is InChI=1S/C20H19N3O3/c1-12-6-8-22-20-14(12)7-9-23(20)15-10-17(19(25)18(15)24)26-16-5-3-2-4-13(16)11-21/h2-9,15,17-19,24-25H,10H2,1H3/t15-,17+,18+,19-/m1/s1. The van der Waals surface area contributed by atoms with Crippen LogP contribution in [-0.4, -0.2) is 38.1 Å². The minimum Gasteiger partial charge on any atom is -0.486 e. The summed E-state index contributed by atoms with van der Waals surface area (Å²) in [6.45, 7) is 2.01. The Morgan fingerprint density at radius 3 is 2.81 bits per heavy atom. The number of fused-ring (bicyclic) bond motifs is 1. The maximum Gasteiger partial charge on any atom is 0.140 e. The van der Waals surface area contributed by atoms with Crippen LogP contribution < -0.4 is 4.74 Å². The smallest absolute Gasteiger partial charge is 0.140 e. The summed E-state index contributed by atoms with van der Waals surface area (Å²) in [4.78, 5) is 4.43. The summed E-state index contributed by atoms with van der Waals surface area (Å²) in [6.07, 6.45) is 1.41. The number of pyridine rings is 1. The van der Waals surface area contributed by atoms with Gasteiger partial charge in [-0.15, -0.1) is 0 Å². The van der Waals surface area contributed by atoms with Gasteiger partial charge in [0.25, 0.3) is 0 Å². The number of hydrogen-bond acceptors (Lipinski definition) is 5. The van der Waals surface area contributed by atoms with Crippen molar-refractivity contribution in [2.24, 2.45) is 0 Å². The van der Waals surface area contributed by atoms with Crippen LogP contribution in [0.25, 0.3) is 11.0 Å². The minimum atomic E-state index is -1.05. The lowest BCUT2D eigenvalue weighted by molar-refractivity contribution is -0.0164. The van der Waals surface area contributed by atoms with Gasteiger partial charge in [0.15, 0.2) is 0 Å². The van der Waals surface area contributed by atoms with Gasteiger partial charge in [-0.05, 0) is 36.8 Å². The first kappa shape index (κ1) is 16.6. The summed E-state index contributed by atoms with van der Waals surface area (Å²) < 4.78 is 7.78. The minimum absolute atomic E-state index is 0.351. The van der Waals surface area contributed by atoms with Gasteiger partial charge in [0.2, 0.25) is 0 Å². The van der Waals surface area contributed by atoms with Crippen LogP contribution in [0.15, 0.2) is 48.8 Å². The molecule has 4 atom stereocenters. The van der Waals surface area contributed by atoms with Gasteiger partial charge in [0.05, 0.1) is 11.6 Å². The van der Waals surface area contributed by atoms with Gasteiger partial charge in [0, 0.05) is 24.2 Å². The highest BCUT2D eigenvalue weighted by Gasteiger charge is 2.44. The zero-order chi connectivity index (χ0) is 18.3. The number of ether oxygens (including phenoxy) is 1. The highest BCUT2D eigenvalue weighted by atomic mass is 16.5. The second-order valence-electron chi connectivity index (χ2n) is 6.64. The second-order valence-corrected chi connectivity index (χ2v) is 6.64. The number of aromatic nitrogens is 2. The molecule has 1 aromatic carbocycles. The lowest BCUT2D eigenvalue weighted by Crippen LogP contribution is -2.34. The quantitative estimate of drug-likeness (QED) is 0.757. The van der Waals surface area contributed by atoms with Gasteiger partial charge < -0.3 is 19.5 Å². The van der Waals surface area contributed by atoms with Crippen molar-refractivity contribution >= 4 is 11.0 Å². The molecule has 0 spiro atoms. The summed E-state index contributed by atoms with van der Waals surface area (Å²) >= 11 is 0. The predicted octanol–water partition coefficient (Wildman–Crippen LogP) is 2.33. The molecule has 6 heteroatoms. The topological polar surface area (TPSA) is 91.3 Å². The largest absolute Gasteiger partial charge is 0.486 e. The van der Waals surface area contributed by atoms with E-state index in [1.54, 1.807) is 30.5 Å². The van der Waals surface area contributed by atoms with Crippen LogP contribution in [0.5, 0.6) is 5.75 Å². The van der Waals surface area contributed by atoms with Crippen LogP contribution in [0.3, 0.4) is 0 Å². The Bertz CT molecular complexity index is 991. The molecule has 132 valence electrons. The first-order valence-electron chi connectivity index (χ1n) is 8.54. The summed E-state index contributed by atoms with van der Waals surface area (Å²) in [5.74, 6) is 0.415. The summed E-state index contributed by atoms with van der Waals surface area (Å²) in [5, 5.41) is 31.3. The molecule has 1 saturated carbocycles. The third kappa shape index (κ3) is 2.62. The maximum atomic E-state index is 10.6. The average molecular weight is 349 g/mol. The summed E-state index contributed by atoms with van der Waals surface area (Å²) in [5.41, 5.74) is 2.29. The van der Waals surface area contributed by atoms with Crippen LogP contribution in [0.1, 0.15) is 23.6 Å². The van der Waals surface area contributed by atoms with E-state index >= 15 is 0 Å². The Morgan fingerprint density at radius 1 is 1.19 bits per heavy atom. The number of aliphatic hydroxyl groups excluding tert-OH is 2. The normalized spacial score (nSPS) is 25.3. The summed E-state index contributed by atoms with van der Waals surface area (Å²) in [6, 6.07) is 12.5. The summed E-state index contributed by atoms with van der Waals surface area (Å²) in [7, 11) is 0. The zero-order valence-corrected chi connectivity index (χ0v) is 14.3. The fourth-order valence-electron chi connectivity index (χ4n) is 3.65. The van der Waals surface area contributed by atoms with E-state index in [4.69, 9.17) is 4.74 Å². The molecule has 2 heterocycles. The third-order valence-corrected chi connectivity index (χ3v) is 5.08. The van der Waals surface area contributed by atoms with Gasteiger partial charge in [-0.1, -0.05) is 12.1 Å². The molecule has 0 amide bonds. The lowest BCUT2D eigenvalue weighted by Gasteiger charge is -2.19.